The van der Waals surface area contributed by atoms with Crippen molar-refractivity contribution in [3.8, 4) is 5.75 Å². The molecule has 0 fully saturated rings. The van der Waals surface area contributed by atoms with Crippen LogP contribution in [0.1, 0.15) is 68.9 Å². The Balaban J connectivity index is 3.01. The maximum Gasteiger partial charge on any atom is 0.335 e. The number of aliphatic hydroxyl groups is 1. The molecule has 0 aliphatic rings. The number of allylic oxidation sites excluding steroid dienone is 4. The second kappa shape index (κ2) is 10.2. The zero-order chi connectivity index (χ0) is 19.9. The van der Waals surface area contributed by atoms with Crippen molar-refractivity contribution < 1.29 is 20.1 Å². The number of carboxylic acid groups (broad SMARTS) is 1. The van der Waals surface area contributed by atoms with E-state index in [1.54, 1.807) is 0 Å². The lowest BCUT2D eigenvalue weighted by Crippen LogP contribution is -2.20. The Kier molecular flexibility index (Phi) is 8.59. The summed E-state index contributed by atoms with van der Waals surface area (Å²) >= 11 is 0. The molecule has 3 N–H and O–H groups in total. The fourth-order valence-electron chi connectivity index (χ4n) is 2.76. The molecule has 26 heavy (non-hydrogen) atoms. The van der Waals surface area contributed by atoms with Crippen LogP contribution in [-0.4, -0.2) is 27.4 Å². The minimum absolute atomic E-state index is 0.0553. The van der Waals surface area contributed by atoms with E-state index in [1.165, 1.54) is 17.7 Å². The van der Waals surface area contributed by atoms with Crippen LogP contribution in [0.25, 0.3) is 0 Å². The number of aromatic carboxylic acids is 1. The Labute approximate surface area is 156 Å². The van der Waals surface area contributed by atoms with Crippen LogP contribution in [0.3, 0.4) is 0 Å². The molecule has 1 rings (SSSR count). The van der Waals surface area contributed by atoms with Crippen molar-refractivity contribution in [2.24, 2.45) is 5.92 Å². The van der Waals surface area contributed by atoms with Crippen molar-refractivity contribution in [2.45, 2.75) is 66.4 Å². The third kappa shape index (κ3) is 7.04. The highest BCUT2D eigenvalue weighted by Gasteiger charge is 2.19. The minimum Gasteiger partial charge on any atom is -0.507 e. The van der Waals surface area contributed by atoms with Gasteiger partial charge in [-0.1, -0.05) is 30.2 Å². The normalized spacial score (nSPS) is 13.0. The third-order valence-electron chi connectivity index (χ3n) is 4.51. The molecule has 4 nitrogen and oxygen atoms in total. The first-order valence-corrected chi connectivity index (χ1v) is 9.14. The summed E-state index contributed by atoms with van der Waals surface area (Å²) in [5.74, 6) is -0.890. The molecule has 0 radical (unpaired) electrons. The van der Waals surface area contributed by atoms with Crippen molar-refractivity contribution in [3.63, 3.8) is 0 Å². The average molecular weight is 360 g/mol. The van der Waals surface area contributed by atoms with Gasteiger partial charge in [0.1, 0.15) is 5.75 Å². The smallest absolute Gasteiger partial charge is 0.335 e. The molecule has 0 aliphatic heterocycles. The highest BCUT2D eigenvalue weighted by Crippen LogP contribution is 2.29. The van der Waals surface area contributed by atoms with E-state index in [9.17, 15) is 20.1 Å². The number of carbonyl (C=O) groups is 1. The van der Waals surface area contributed by atoms with Gasteiger partial charge in [0, 0.05) is 6.42 Å². The number of hydrogen-bond acceptors (Lipinski definition) is 3. The predicted molar refractivity (Wildman–Crippen MR) is 106 cm³/mol. The van der Waals surface area contributed by atoms with Crippen LogP contribution in [0.15, 0.2) is 35.4 Å². The predicted octanol–water partition coefficient (Wildman–Crippen LogP) is 4.89. The van der Waals surface area contributed by atoms with Crippen LogP contribution in [0.2, 0.25) is 0 Å². The lowest BCUT2D eigenvalue weighted by atomic mass is 9.91. The molecule has 2 atom stereocenters. The first kappa shape index (κ1) is 22.0. The molecule has 0 amide bonds. The van der Waals surface area contributed by atoms with E-state index < -0.39 is 12.1 Å². The zero-order valence-corrected chi connectivity index (χ0v) is 16.5. The lowest BCUT2D eigenvalue weighted by Gasteiger charge is -2.20. The molecule has 0 spiro atoms. The van der Waals surface area contributed by atoms with E-state index in [0.29, 0.717) is 17.5 Å². The van der Waals surface area contributed by atoms with Gasteiger partial charge in [0.25, 0.3) is 0 Å². The highest BCUT2D eigenvalue weighted by atomic mass is 16.4. The molecule has 1 aromatic rings. The molecule has 2 unspecified atom stereocenters. The third-order valence-corrected chi connectivity index (χ3v) is 4.51. The van der Waals surface area contributed by atoms with Gasteiger partial charge in [0.15, 0.2) is 0 Å². The second-order valence-electron chi connectivity index (χ2n) is 7.54. The van der Waals surface area contributed by atoms with Crippen LogP contribution >= 0.6 is 0 Å². The maximum absolute atomic E-state index is 11.4. The Morgan fingerprint density at radius 1 is 1.08 bits per heavy atom. The van der Waals surface area contributed by atoms with Gasteiger partial charge in [-0.15, -0.1) is 0 Å². The van der Waals surface area contributed by atoms with Gasteiger partial charge in [-0.2, -0.15) is 0 Å². The number of phenols is 1. The van der Waals surface area contributed by atoms with Gasteiger partial charge in [0.05, 0.1) is 11.7 Å². The molecule has 0 saturated heterocycles. The number of aliphatic hydroxyl groups excluding tert-OH is 1. The van der Waals surface area contributed by atoms with Gasteiger partial charge in [-0.05, 0) is 76.1 Å². The van der Waals surface area contributed by atoms with Crippen LogP contribution < -0.4 is 0 Å². The van der Waals surface area contributed by atoms with Crippen molar-refractivity contribution in [1.82, 2.24) is 0 Å². The van der Waals surface area contributed by atoms with E-state index >= 15 is 0 Å². The summed E-state index contributed by atoms with van der Waals surface area (Å²) < 4.78 is 0. The van der Waals surface area contributed by atoms with Crippen molar-refractivity contribution >= 4 is 5.97 Å². The number of aromatic hydroxyl groups is 1. The fourth-order valence-corrected chi connectivity index (χ4v) is 2.76. The van der Waals surface area contributed by atoms with Crippen LogP contribution in [0.4, 0.5) is 0 Å². The summed E-state index contributed by atoms with van der Waals surface area (Å²) in [5, 5.41) is 30.4. The molecule has 1 aromatic carbocycles. The Morgan fingerprint density at radius 2 is 1.65 bits per heavy atom. The second-order valence-corrected chi connectivity index (χ2v) is 7.54. The van der Waals surface area contributed by atoms with Gasteiger partial charge in [-0.25, -0.2) is 4.79 Å². The largest absolute Gasteiger partial charge is 0.507 e. The summed E-state index contributed by atoms with van der Waals surface area (Å²) in [6.45, 7) is 9.98. The Hall–Kier alpha value is -2.07. The van der Waals surface area contributed by atoms with Gasteiger partial charge < -0.3 is 15.3 Å². The minimum atomic E-state index is -1.03. The molecule has 0 aromatic heterocycles. The standard InChI is InChI=1S/C22H32O4/c1-14(2)7-6-8-16(5)20(23)13-18-12-19(22(25)26)11-17(21(18)24)10-9-15(3)4/h7,9,11-12,16,20,23-24H,6,8,10,13H2,1-5H3,(H,25,26). The highest BCUT2D eigenvalue weighted by molar-refractivity contribution is 5.88. The van der Waals surface area contributed by atoms with Gasteiger partial charge >= 0.3 is 5.97 Å². The number of rotatable bonds is 9. The van der Waals surface area contributed by atoms with E-state index in [4.69, 9.17) is 0 Å². The average Bonchev–Trinajstić information content (AvgIpc) is 2.54. The number of phenolic OH excluding ortho intramolecular Hbond substituents is 1. The molecule has 0 bridgehead atoms. The molecular weight excluding hydrogens is 328 g/mol. The zero-order valence-electron chi connectivity index (χ0n) is 16.5. The summed E-state index contributed by atoms with van der Waals surface area (Å²) in [6, 6.07) is 2.97. The summed E-state index contributed by atoms with van der Waals surface area (Å²) in [6.07, 6.45) is 5.90. The summed E-state index contributed by atoms with van der Waals surface area (Å²) in [4.78, 5) is 11.4. The van der Waals surface area contributed by atoms with Gasteiger partial charge in [0.2, 0.25) is 0 Å². The number of hydrogen-bond donors (Lipinski definition) is 3. The topological polar surface area (TPSA) is 77.8 Å². The van der Waals surface area contributed by atoms with E-state index in [2.05, 4.69) is 6.08 Å². The van der Waals surface area contributed by atoms with Crippen LogP contribution in [0.5, 0.6) is 5.75 Å². The van der Waals surface area contributed by atoms with E-state index in [1.807, 2.05) is 40.7 Å². The molecule has 0 saturated carbocycles. The number of benzene rings is 1. The van der Waals surface area contributed by atoms with E-state index in [-0.39, 0.29) is 23.7 Å². The molecule has 0 aliphatic carbocycles. The van der Waals surface area contributed by atoms with Crippen LogP contribution in [-0.2, 0) is 12.8 Å². The first-order chi connectivity index (χ1) is 12.1. The molecule has 144 valence electrons. The SMILES string of the molecule is CC(C)=CCCC(C)C(O)Cc1cc(C(=O)O)cc(CC=C(C)C)c1O. The van der Waals surface area contributed by atoms with Crippen LogP contribution in [0, 0.1) is 5.92 Å². The Bertz CT molecular complexity index is 678. The van der Waals surface area contributed by atoms with Crippen molar-refractivity contribution in [2.75, 3.05) is 0 Å². The fraction of sp³-hybridized carbons (Fsp3) is 0.500. The quantitative estimate of drug-likeness (QED) is 0.548. The molecule has 4 heteroatoms. The first-order valence-electron chi connectivity index (χ1n) is 9.14. The number of carboxylic acids is 1. The molecular formula is C22H32O4. The maximum atomic E-state index is 11.4. The monoisotopic (exact) mass is 360 g/mol. The van der Waals surface area contributed by atoms with Crippen molar-refractivity contribution in [1.29, 1.82) is 0 Å². The molecule has 0 heterocycles. The van der Waals surface area contributed by atoms with E-state index in [0.717, 1.165) is 18.4 Å². The lowest BCUT2D eigenvalue weighted by molar-refractivity contribution is 0.0696. The summed E-state index contributed by atoms with van der Waals surface area (Å²) in [7, 11) is 0. The summed E-state index contributed by atoms with van der Waals surface area (Å²) in [5.41, 5.74) is 3.55. The van der Waals surface area contributed by atoms with Gasteiger partial charge in [-0.3, -0.25) is 0 Å². The Morgan fingerprint density at radius 3 is 2.19 bits per heavy atom. The van der Waals surface area contributed by atoms with Crippen molar-refractivity contribution in [3.05, 3.63) is 52.1 Å².